The van der Waals surface area contributed by atoms with Crippen molar-refractivity contribution in [1.29, 1.82) is 0 Å². The maximum atomic E-state index is 12.0. The van der Waals surface area contributed by atoms with E-state index >= 15 is 0 Å². The van der Waals surface area contributed by atoms with Crippen molar-refractivity contribution < 1.29 is 4.79 Å². The summed E-state index contributed by atoms with van der Waals surface area (Å²) in [5.41, 5.74) is 1.01. The van der Waals surface area contributed by atoms with Gasteiger partial charge in [0.1, 0.15) is 0 Å². The number of piperidine rings is 1. The Morgan fingerprint density at radius 2 is 2.33 bits per heavy atom. The minimum Gasteiger partial charge on any atom is -0.351 e. The Hall–Kier alpha value is -1.01. The molecule has 21 heavy (non-hydrogen) atoms. The lowest BCUT2D eigenvalue weighted by molar-refractivity contribution is -0.121. The van der Waals surface area contributed by atoms with Crippen LogP contribution in [0.1, 0.15) is 56.0 Å². The van der Waals surface area contributed by atoms with Crippen LogP contribution in [0.3, 0.4) is 0 Å². The molecule has 2 heterocycles. The standard InChI is InChI=1S/C15H26N4OS/c1-11(2)15-13(21-18-17-15)9-16-14(20)7-6-12-5-4-8-19(3)10-12/h11-12H,4-10H2,1-3H3,(H,16,20). The van der Waals surface area contributed by atoms with Crippen LogP contribution in [0.25, 0.3) is 0 Å². The molecular weight excluding hydrogens is 284 g/mol. The van der Waals surface area contributed by atoms with Crippen LogP contribution in [0.5, 0.6) is 0 Å². The molecule has 1 aromatic heterocycles. The maximum Gasteiger partial charge on any atom is 0.220 e. The zero-order valence-electron chi connectivity index (χ0n) is 13.3. The highest BCUT2D eigenvalue weighted by Crippen LogP contribution is 2.21. The molecule has 1 aliphatic rings. The second kappa shape index (κ2) is 7.84. The number of nitrogens with zero attached hydrogens (tertiary/aromatic N) is 3. The lowest BCUT2D eigenvalue weighted by Gasteiger charge is -2.29. The highest BCUT2D eigenvalue weighted by Gasteiger charge is 2.18. The van der Waals surface area contributed by atoms with E-state index in [9.17, 15) is 4.79 Å². The van der Waals surface area contributed by atoms with Crippen LogP contribution in [-0.4, -0.2) is 40.5 Å². The summed E-state index contributed by atoms with van der Waals surface area (Å²) in [6.07, 6.45) is 4.14. The lowest BCUT2D eigenvalue weighted by Crippen LogP contribution is -2.33. The van der Waals surface area contributed by atoms with Gasteiger partial charge in [-0.3, -0.25) is 4.79 Å². The van der Waals surface area contributed by atoms with Gasteiger partial charge in [0.2, 0.25) is 5.91 Å². The third-order valence-corrected chi connectivity index (χ3v) is 4.82. The molecule has 2 rings (SSSR count). The predicted octanol–water partition coefficient (Wildman–Crippen LogP) is 2.40. The summed E-state index contributed by atoms with van der Waals surface area (Å²) in [7, 11) is 2.16. The normalized spacial score (nSPS) is 19.9. The highest BCUT2D eigenvalue weighted by atomic mass is 32.1. The average Bonchev–Trinajstić information content (AvgIpc) is 2.91. The molecule has 118 valence electrons. The first-order valence-corrected chi connectivity index (χ1v) is 8.60. The van der Waals surface area contributed by atoms with Crippen LogP contribution in [0.15, 0.2) is 0 Å². The number of nitrogens with one attached hydrogen (secondary N) is 1. The molecular formula is C15H26N4OS. The molecule has 1 atom stereocenters. The van der Waals surface area contributed by atoms with Crippen LogP contribution in [-0.2, 0) is 11.3 Å². The lowest BCUT2D eigenvalue weighted by atomic mass is 9.93. The zero-order valence-corrected chi connectivity index (χ0v) is 14.1. The Balaban J connectivity index is 1.71. The van der Waals surface area contributed by atoms with E-state index < -0.39 is 0 Å². The molecule has 0 bridgehead atoms. The monoisotopic (exact) mass is 310 g/mol. The largest absolute Gasteiger partial charge is 0.351 e. The highest BCUT2D eigenvalue weighted by molar-refractivity contribution is 7.05. The molecule has 1 fully saturated rings. The first-order chi connectivity index (χ1) is 10.1. The smallest absolute Gasteiger partial charge is 0.220 e. The zero-order chi connectivity index (χ0) is 15.2. The Morgan fingerprint density at radius 3 is 3.05 bits per heavy atom. The van der Waals surface area contributed by atoms with Gasteiger partial charge in [0.25, 0.3) is 0 Å². The van der Waals surface area contributed by atoms with Gasteiger partial charge in [-0.1, -0.05) is 18.3 Å². The van der Waals surface area contributed by atoms with E-state index in [0.29, 0.717) is 24.8 Å². The SMILES string of the molecule is CC(C)c1nnsc1CNC(=O)CCC1CCCN(C)C1. The molecule has 1 N–H and O–H groups in total. The van der Waals surface area contributed by atoms with Gasteiger partial charge < -0.3 is 10.2 Å². The molecule has 1 unspecified atom stereocenters. The maximum absolute atomic E-state index is 12.0. The van der Waals surface area contributed by atoms with Gasteiger partial charge in [-0.05, 0) is 56.2 Å². The second-order valence-corrected chi connectivity index (χ2v) is 7.16. The number of likely N-dealkylation sites (tertiary alicyclic amines) is 1. The molecule has 5 nitrogen and oxygen atoms in total. The summed E-state index contributed by atoms with van der Waals surface area (Å²) in [6.45, 7) is 7.08. The van der Waals surface area contributed by atoms with Crippen molar-refractivity contribution in [3.63, 3.8) is 0 Å². The van der Waals surface area contributed by atoms with Crippen LogP contribution < -0.4 is 5.32 Å². The molecule has 6 heteroatoms. The van der Waals surface area contributed by atoms with E-state index in [1.807, 2.05) is 0 Å². The number of aromatic nitrogens is 2. The Labute approximate surface area is 131 Å². The topological polar surface area (TPSA) is 58.1 Å². The molecule has 1 aromatic rings. The molecule has 0 saturated carbocycles. The summed E-state index contributed by atoms with van der Waals surface area (Å²) in [5, 5.41) is 7.14. The predicted molar refractivity (Wildman–Crippen MR) is 85.3 cm³/mol. The van der Waals surface area contributed by atoms with E-state index in [0.717, 1.165) is 23.5 Å². The Morgan fingerprint density at radius 1 is 1.52 bits per heavy atom. The van der Waals surface area contributed by atoms with Gasteiger partial charge in [0.05, 0.1) is 17.1 Å². The van der Waals surface area contributed by atoms with Crippen LogP contribution >= 0.6 is 11.5 Å². The van der Waals surface area contributed by atoms with Crippen LogP contribution in [0.2, 0.25) is 0 Å². The fourth-order valence-corrected chi connectivity index (χ4v) is 3.62. The summed E-state index contributed by atoms with van der Waals surface area (Å²) in [5.74, 6) is 1.17. The van der Waals surface area contributed by atoms with Crippen molar-refractivity contribution in [2.24, 2.45) is 5.92 Å². The summed E-state index contributed by atoms with van der Waals surface area (Å²) < 4.78 is 3.98. The van der Waals surface area contributed by atoms with Gasteiger partial charge in [-0.15, -0.1) is 5.10 Å². The average molecular weight is 310 g/mol. The summed E-state index contributed by atoms with van der Waals surface area (Å²) in [6, 6.07) is 0. The van der Waals surface area contributed by atoms with E-state index in [1.54, 1.807) is 0 Å². The van der Waals surface area contributed by atoms with Gasteiger partial charge in [-0.25, -0.2) is 0 Å². The van der Waals surface area contributed by atoms with Gasteiger partial charge in [-0.2, -0.15) is 0 Å². The molecule has 0 radical (unpaired) electrons. The molecule has 1 amide bonds. The minimum atomic E-state index is 0.145. The van der Waals surface area contributed by atoms with Crippen molar-refractivity contribution in [2.45, 2.75) is 52.0 Å². The van der Waals surface area contributed by atoms with Crippen molar-refractivity contribution in [2.75, 3.05) is 20.1 Å². The second-order valence-electron chi connectivity index (χ2n) is 6.32. The van der Waals surface area contributed by atoms with Crippen molar-refractivity contribution in [3.05, 3.63) is 10.6 Å². The van der Waals surface area contributed by atoms with E-state index in [4.69, 9.17) is 0 Å². The third-order valence-electron chi connectivity index (χ3n) is 4.08. The minimum absolute atomic E-state index is 0.145. The molecule has 1 saturated heterocycles. The Kier molecular flexibility index (Phi) is 6.11. The number of amides is 1. The van der Waals surface area contributed by atoms with Crippen molar-refractivity contribution in [1.82, 2.24) is 19.8 Å². The van der Waals surface area contributed by atoms with Crippen LogP contribution in [0, 0.1) is 5.92 Å². The van der Waals surface area contributed by atoms with Gasteiger partial charge in [0.15, 0.2) is 0 Å². The summed E-state index contributed by atoms with van der Waals surface area (Å²) in [4.78, 5) is 15.4. The third kappa shape index (κ3) is 5.04. The van der Waals surface area contributed by atoms with Crippen molar-refractivity contribution >= 4 is 17.4 Å². The first kappa shape index (κ1) is 16.4. The van der Waals surface area contributed by atoms with E-state index in [2.05, 4.69) is 40.7 Å². The first-order valence-electron chi connectivity index (χ1n) is 7.82. The number of rotatable bonds is 6. The fraction of sp³-hybridized carbons (Fsp3) is 0.800. The van der Waals surface area contributed by atoms with Gasteiger partial charge in [0, 0.05) is 13.0 Å². The Bertz CT molecular complexity index is 460. The quantitative estimate of drug-likeness (QED) is 0.876. The molecule has 0 spiro atoms. The number of carbonyl (C=O) groups is 1. The number of hydrogen-bond donors (Lipinski definition) is 1. The number of carbonyl (C=O) groups excluding carboxylic acids is 1. The molecule has 0 aromatic carbocycles. The summed E-state index contributed by atoms with van der Waals surface area (Å²) >= 11 is 1.38. The molecule has 0 aliphatic carbocycles. The van der Waals surface area contributed by atoms with E-state index in [-0.39, 0.29) is 5.91 Å². The fourth-order valence-electron chi connectivity index (χ4n) is 2.89. The number of hydrogen-bond acceptors (Lipinski definition) is 5. The van der Waals surface area contributed by atoms with Crippen molar-refractivity contribution in [3.8, 4) is 0 Å². The molecule has 1 aliphatic heterocycles. The van der Waals surface area contributed by atoms with E-state index in [1.165, 1.54) is 30.9 Å². The van der Waals surface area contributed by atoms with Crippen LogP contribution in [0.4, 0.5) is 0 Å². The van der Waals surface area contributed by atoms with Gasteiger partial charge >= 0.3 is 0 Å².